The van der Waals surface area contributed by atoms with Crippen molar-refractivity contribution in [2.45, 2.75) is 31.3 Å². The number of anilines is 2. The standard InChI is InChI=1S/C12H18N2O3S/c1-8(2)18(16,17)9(3)12(15)14-11-7-5-4-6-10(11)13/h4-9H,13H2,1-3H3,(H,14,15). The lowest BCUT2D eigenvalue weighted by atomic mass is 10.2. The lowest BCUT2D eigenvalue weighted by Gasteiger charge is -2.16. The van der Waals surface area contributed by atoms with Crippen molar-refractivity contribution >= 4 is 27.1 Å². The summed E-state index contributed by atoms with van der Waals surface area (Å²) in [6.07, 6.45) is 0. The average molecular weight is 270 g/mol. The van der Waals surface area contributed by atoms with E-state index in [9.17, 15) is 13.2 Å². The molecule has 5 nitrogen and oxygen atoms in total. The van der Waals surface area contributed by atoms with Gasteiger partial charge in [0.05, 0.1) is 16.6 Å². The minimum atomic E-state index is -3.46. The summed E-state index contributed by atoms with van der Waals surface area (Å²) >= 11 is 0. The van der Waals surface area contributed by atoms with Gasteiger partial charge in [-0.3, -0.25) is 4.79 Å². The highest BCUT2D eigenvalue weighted by Crippen LogP contribution is 2.18. The van der Waals surface area contributed by atoms with Crippen molar-refractivity contribution in [2.24, 2.45) is 0 Å². The van der Waals surface area contributed by atoms with Crippen LogP contribution in [0.15, 0.2) is 24.3 Å². The quantitative estimate of drug-likeness (QED) is 0.810. The third kappa shape index (κ3) is 3.01. The molecule has 6 heteroatoms. The normalized spacial score (nSPS) is 13.3. The molecular formula is C12H18N2O3S. The highest BCUT2D eigenvalue weighted by Gasteiger charge is 2.30. The van der Waals surface area contributed by atoms with E-state index in [2.05, 4.69) is 5.32 Å². The molecule has 1 amide bonds. The fraction of sp³-hybridized carbons (Fsp3) is 0.417. The monoisotopic (exact) mass is 270 g/mol. The molecule has 1 atom stereocenters. The van der Waals surface area contributed by atoms with Crippen molar-refractivity contribution < 1.29 is 13.2 Å². The van der Waals surface area contributed by atoms with Crippen LogP contribution in [0.25, 0.3) is 0 Å². The molecule has 0 radical (unpaired) electrons. The molecule has 1 rings (SSSR count). The molecule has 0 saturated heterocycles. The Balaban J connectivity index is 2.88. The zero-order valence-corrected chi connectivity index (χ0v) is 11.5. The number of sulfone groups is 1. The molecule has 0 fully saturated rings. The van der Waals surface area contributed by atoms with Gasteiger partial charge in [-0.1, -0.05) is 12.1 Å². The van der Waals surface area contributed by atoms with Gasteiger partial charge in [0.1, 0.15) is 5.25 Å². The van der Waals surface area contributed by atoms with Crippen LogP contribution in [0.1, 0.15) is 20.8 Å². The van der Waals surface area contributed by atoms with Crippen LogP contribution in [0.2, 0.25) is 0 Å². The Bertz CT molecular complexity index is 538. The Morgan fingerprint density at radius 3 is 2.28 bits per heavy atom. The molecular weight excluding hydrogens is 252 g/mol. The van der Waals surface area contributed by atoms with E-state index in [0.29, 0.717) is 11.4 Å². The lowest BCUT2D eigenvalue weighted by molar-refractivity contribution is -0.115. The van der Waals surface area contributed by atoms with Gasteiger partial charge in [0.25, 0.3) is 0 Å². The van der Waals surface area contributed by atoms with Gasteiger partial charge < -0.3 is 11.1 Å². The topological polar surface area (TPSA) is 89.3 Å². The fourth-order valence-corrected chi connectivity index (χ4v) is 2.58. The average Bonchev–Trinajstić information content (AvgIpc) is 2.30. The van der Waals surface area contributed by atoms with E-state index < -0.39 is 26.2 Å². The second-order valence-electron chi connectivity index (χ2n) is 4.36. The fourth-order valence-electron chi connectivity index (χ4n) is 1.40. The zero-order valence-electron chi connectivity index (χ0n) is 10.7. The summed E-state index contributed by atoms with van der Waals surface area (Å²) in [4.78, 5) is 11.9. The van der Waals surface area contributed by atoms with Crippen LogP contribution in [-0.2, 0) is 14.6 Å². The molecule has 0 heterocycles. The van der Waals surface area contributed by atoms with Crippen molar-refractivity contribution in [3.63, 3.8) is 0 Å². The van der Waals surface area contributed by atoms with E-state index in [0.717, 1.165) is 0 Å². The molecule has 1 aromatic rings. The lowest BCUT2D eigenvalue weighted by Crippen LogP contribution is -2.36. The van der Waals surface area contributed by atoms with Gasteiger partial charge in [-0.15, -0.1) is 0 Å². The minimum Gasteiger partial charge on any atom is -0.397 e. The van der Waals surface area contributed by atoms with Crippen LogP contribution in [0, 0.1) is 0 Å². The largest absolute Gasteiger partial charge is 0.397 e. The van der Waals surface area contributed by atoms with E-state index in [-0.39, 0.29) is 0 Å². The van der Waals surface area contributed by atoms with Crippen LogP contribution < -0.4 is 11.1 Å². The van der Waals surface area contributed by atoms with E-state index in [1.54, 1.807) is 38.1 Å². The number of nitrogen functional groups attached to an aromatic ring is 1. The predicted octanol–water partition coefficient (Wildman–Crippen LogP) is 1.42. The van der Waals surface area contributed by atoms with Crippen LogP contribution in [0.4, 0.5) is 11.4 Å². The number of para-hydroxylation sites is 2. The molecule has 0 aliphatic rings. The molecule has 1 unspecified atom stereocenters. The Hall–Kier alpha value is -1.56. The highest BCUT2D eigenvalue weighted by atomic mass is 32.2. The molecule has 100 valence electrons. The predicted molar refractivity (Wildman–Crippen MR) is 73.0 cm³/mol. The Morgan fingerprint density at radius 1 is 1.22 bits per heavy atom. The maximum atomic E-state index is 11.9. The van der Waals surface area contributed by atoms with E-state index in [4.69, 9.17) is 5.73 Å². The summed E-state index contributed by atoms with van der Waals surface area (Å²) < 4.78 is 23.7. The van der Waals surface area contributed by atoms with Crippen LogP contribution >= 0.6 is 0 Å². The van der Waals surface area contributed by atoms with Gasteiger partial charge in [-0.2, -0.15) is 0 Å². The highest BCUT2D eigenvalue weighted by molar-refractivity contribution is 7.93. The number of benzene rings is 1. The molecule has 3 N–H and O–H groups in total. The molecule has 0 aliphatic carbocycles. The van der Waals surface area contributed by atoms with Crippen LogP contribution in [-0.4, -0.2) is 24.8 Å². The number of rotatable bonds is 4. The van der Waals surface area contributed by atoms with Crippen LogP contribution in [0.3, 0.4) is 0 Å². The van der Waals surface area contributed by atoms with Crippen molar-refractivity contribution in [1.82, 2.24) is 0 Å². The molecule has 0 bridgehead atoms. The summed E-state index contributed by atoms with van der Waals surface area (Å²) in [5, 5.41) is 0.837. The number of hydrogen-bond acceptors (Lipinski definition) is 4. The zero-order chi connectivity index (χ0) is 13.9. The first-order valence-corrected chi connectivity index (χ1v) is 7.26. The van der Waals surface area contributed by atoms with Gasteiger partial charge >= 0.3 is 0 Å². The smallest absolute Gasteiger partial charge is 0.242 e. The number of hydrogen-bond donors (Lipinski definition) is 2. The van der Waals surface area contributed by atoms with E-state index >= 15 is 0 Å². The summed E-state index contributed by atoms with van der Waals surface area (Å²) in [5.41, 5.74) is 6.50. The summed E-state index contributed by atoms with van der Waals surface area (Å²) in [6.45, 7) is 4.48. The summed E-state index contributed by atoms with van der Waals surface area (Å²) in [7, 11) is -3.46. The third-order valence-corrected chi connectivity index (χ3v) is 5.25. The van der Waals surface area contributed by atoms with E-state index in [1.165, 1.54) is 6.92 Å². The maximum Gasteiger partial charge on any atom is 0.242 e. The second kappa shape index (κ2) is 5.39. The summed E-state index contributed by atoms with van der Waals surface area (Å²) in [5.74, 6) is -0.568. The molecule has 1 aromatic carbocycles. The first kappa shape index (κ1) is 14.5. The minimum absolute atomic E-state index is 0.403. The molecule has 0 aromatic heterocycles. The van der Waals surface area contributed by atoms with Crippen molar-refractivity contribution in [2.75, 3.05) is 11.1 Å². The first-order chi connectivity index (χ1) is 8.26. The maximum absolute atomic E-state index is 11.9. The Kier molecular flexibility index (Phi) is 4.34. The number of nitrogens with two attached hydrogens (primary N) is 1. The number of nitrogens with one attached hydrogen (secondary N) is 1. The van der Waals surface area contributed by atoms with Crippen molar-refractivity contribution in [1.29, 1.82) is 0 Å². The number of carbonyl (C=O) groups excluding carboxylic acids is 1. The van der Waals surface area contributed by atoms with Crippen molar-refractivity contribution in [3.05, 3.63) is 24.3 Å². The number of carbonyl (C=O) groups is 1. The molecule has 0 saturated carbocycles. The van der Waals surface area contributed by atoms with Gasteiger partial charge in [-0.25, -0.2) is 8.42 Å². The summed E-state index contributed by atoms with van der Waals surface area (Å²) in [6, 6.07) is 6.71. The number of amides is 1. The third-order valence-electron chi connectivity index (χ3n) is 2.74. The van der Waals surface area contributed by atoms with E-state index in [1.807, 2.05) is 0 Å². The Morgan fingerprint density at radius 2 is 1.78 bits per heavy atom. The van der Waals surface area contributed by atoms with Gasteiger partial charge in [0, 0.05) is 0 Å². The second-order valence-corrected chi connectivity index (χ2v) is 7.18. The SMILES string of the molecule is CC(C)S(=O)(=O)C(C)C(=O)Nc1ccccc1N. The Labute approximate surface area is 107 Å². The first-order valence-electron chi connectivity index (χ1n) is 5.65. The van der Waals surface area contributed by atoms with Gasteiger partial charge in [0.15, 0.2) is 9.84 Å². The molecule has 18 heavy (non-hydrogen) atoms. The molecule has 0 spiro atoms. The van der Waals surface area contributed by atoms with Gasteiger partial charge in [0.2, 0.25) is 5.91 Å². The van der Waals surface area contributed by atoms with Crippen LogP contribution in [0.5, 0.6) is 0 Å². The molecule has 0 aliphatic heterocycles. The van der Waals surface area contributed by atoms with Gasteiger partial charge in [-0.05, 0) is 32.9 Å². The van der Waals surface area contributed by atoms with Crippen molar-refractivity contribution in [3.8, 4) is 0 Å².